The van der Waals surface area contributed by atoms with E-state index < -0.39 is 5.97 Å². The lowest BCUT2D eigenvalue weighted by molar-refractivity contribution is -0.132. The fourth-order valence-corrected chi connectivity index (χ4v) is 2.28. The minimum absolute atomic E-state index is 0.264. The molecule has 0 amide bonds. The number of rotatable bonds is 5. The molecular formula is C17H19Cl2N3O2. The standard InChI is InChI=1S/C15H13Cl2N3O2.C2H6/c1-22-15(21)13(18)11-3-2-6-19-14(11)20-8-9-4-5-10(16)7-12(9)17;1-2/h2-7,18H,8H2,1H3,(H,19,20);1-2H3. The number of carbonyl (C=O) groups excluding carboxylic acids is 1. The minimum Gasteiger partial charge on any atom is -0.464 e. The molecule has 0 atom stereocenters. The number of esters is 1. The number of methoxy groups -OCH3 is 1. The molecule has 0 spiro atoms. The lowest BCUT2D eigenvalue weighted by Gasteiger charge is -2.11. The van der Waals surface area contributed by atoms with Crippen molar-refractivity contribution in [1.29, 1.82) is 5.41 Å². The summed E-state index contributed by atoms with van der Waals surface area (Å²) in [5.41, 5.74) is 0.923. The molecule has 1 aromatic heterocycles. The van der Waals surface area contributed by atoms with Crippen molar-refractivity contribution in [3.63, 3.8) is 0 Å². The molecule has 2 N–H and O–H groups in total. The molecule has 1 aromatic carbocycles. The van der Waals surface area contributed by atoms with E-state index in [1.807, 2.05) is 13.8 Å². The van der Waals surface area contributed by atoms with Crippen LogP contribution in [0.15, 0.2) is 36.5 Å². The summed E-state index contributed by atoms with van der Waals surface area (Å²) in [6.45, 7) is 4.38. The normalized spacial score (nSPS) is 9.54. The van der Waals surface area contributed by atoms with Crippen molar-refractivity contribution in [2.75, 3.05) is 12.4 Å². The van der Waals surface area contributed by atoms with Crippen LogP contribution in [0.1, 0.15) is 25.0 Å². The number of ether oxygens (including phenoxy) is 1. The molecule has 24 heavy (non-hydrogen) atoms. The Balaban J connectivity index is 0.00000139. The molecule has 0 radical (unpaired) electrons. The first kappa shape index (κ1) is 19.9. The second-order valence-electron chi connectivity index (χ2n) is 4.36. The minimum atomic E-state index is -0.722. The number of hydrogen-bond donors (Lipinski definition) is 2. The Bertz CT molecular complexity index is 721. The van der Waals surface area contributed by atoms with Gasteiger partial charge in [0.25, 0.3) is 0 Å². The summed E-state index contributed by atoms with van der Waals surface area (Å²) in [6, 6.07) is 8.45. The smallest absolute Gasteiger partial charge is 0.356 e. The number of carbonyl (C=O) groups is 1. The van der Waals surface area contributed by atoms with Crippen molar-refractivity contribution < 1.29 is 9.53 Å². The fraction of sp³-hybridized carbons (Fsp3) is 0.235. The summed E-state index contributed by atoms with van der Waals surface area (Å²) in [5.74, 6) is -0.315. The number of nitrogens with zero attached hydrogens (tertiary/aromatic N) is 1. The van der Waals surface area contributed by atoms with E-state index in [-0.39, 0.29) is 5.71 Å². The van der Waals surface area contributed by atoms with Gasteiger partial charge in [0.05, 0.1) is 7.11 Å². The topological polar surface area (TPSA) is 75.1 Å². The molecule has 128 valence electrons. The number of anilines is 1. The van der Waals surface area contributed by atoms with E-state index in [9.17, 15) is 4.79 Å². The van der Waals surface area contributed by atoms with Crippen LogP contribution in [0.2, 0.25) is 10.0 Å². The van der Waals surface area contributed by atoms with Crippen LogP contribution in [0, 0.1) is 5.41 Å². The monoisotopic (exact) mass is 367 g/mol. The molecule has 0 unspecified atom stereocenters. The third kappa shape index (κ3) is 5.22. The highest BCUT2D eigenvalue weighted by molar-refractivity contribution is 6.43. The molecule has 7 heteroatoms. The van der Waals surface area contributed by atoms with Crippen LogP contribution >= 0.6 is 23.2 Å². The Morgan fingerprint density at radius 2 is 2.00 bits per heavy atom. The number of hydrogen-bond acceptors (Lipinski definition) is 5. The lowest BCUT2D eigenvalue weighted by Crippen LogP contribution is -2.18. The SMILES string of the molecule is CC.COC(=O)C(=N)c1cccnc1NCc1ccc(Cl)cc1Cl. The van der Waals surface area contributed by atoms with E-state index in [1.54, 1.807) is 36.5 Å². The predicted octanol–water partition coefficient (Wildman–Crippen LogP) is 4.57. The zero-order valence-corrected chi connectivity index (χ0v) is 15.2. The summed E-state index contributed by atoms with van der Waals surface area (Å²) in [7, 11) is 1.23. The van der Waals surface area contributed by atoms with Gasteiger partial charge in [-0.25, -0.2) is 9.78 Å². The quantitative estimate of drug-likeness (QED) is 0.599. The molecule has 2 rings (SSSR count). The van der Waals surface area contributed by atoms with Gasteiger partial charge in [-0.05, 0) is 29.8 Å². The second kappa shape index (κ2) is 9.90. The van der Waals surface area contributed by atoms with Crippen LogP contribution in [0.4, 0.5) is 5.82 Å². The van der Waals surface area contributed by atoms with Crippen molar-refractivity contribution in [2.24, 2.45) is 0 Å². The van der Waals surface area contributed by atoms with Crippen LogP contribution in [0.5, 0.6) is 0 Å². The Kier molecular flexibility index (Phi) is 8.22. The molecule has 0 fully saturated rings. The predicted molar refractivity (Wildman–Crippen MR) is 98.2 cm³/mol. The molecule has 0 saturated heterocycles. The van der Waals surface area contributed by atoms with E-state index in [4.69, 9.17) is 28.6 Å². The van der Waals surface area contributed by atoms with E-state index >= 15 is 0 Å². The summed E-state index contributed by atoms with van der Waals surface area (Å²) in [4.78, 5) is 15.6. The van der Waals surface area contributed by atoms with Gasteiger partial charge in [-0.2, -0.15) is 0 Å². The third-order valence-corrected chi connectivity index (χ3v) is 3.51. The van der Waals surface area contributed by atoms with Crippen LogP contribution in [0.3, 0.4) is 0 Å². The van der Waals surface area contributed by atoms with E-state index in [0.29, 0.717) is 28.0 Å². The largest absolute Gasteiger partial charge is 0.464 e. The summed E-state index contributed by atoms with van der Waals surface area (Å²) in [6.07, 6.45) is 1.57. The van der Waals surface area contributed by atoms with E-state index in [2.05, 4.69) is 15.0 Å². The average molecular weight is 368 g/mol. The van der Waals surface area contributed by atoms with Gasteiger partial charge in [-0.15, -0.1) is 0 Å². The Morgan fingerprint density at radius 1 is 1.29 bits per heavy atom. The van der Waals surface area contributed by atoms with Gasteiger partial charge >= 0.3 is 5.97 Å². The number of aromatic nitrogens is 1. The zero-order valence-electron chi connectivity index (χ0n) is 13.7. The van der Waals surface area contributed by atoms with Crippen molar-refractivity contribution in [2.45, 2.75) is 20.4 Å². The van der Waals surface area contributed by atoms with Crippen molar-refractivity contribution in [1.82, 2.24) is 4.98 Å². The van der Waals surface area contributed by atoms with Gasteiger partial charge in [-0.1, -0.05) is 43.1 Å². The Labute approximate surface area is 151 Å². The van der Waals surface area contributed by atoms with E-state index in [0.717, 1.165) is 5.56 Å². The molecule has 0 bridgehead atoms. The molecule has 5 nitrogen and oxygen atoms in total. The van der Waals surface area contributed by atoms with Gasteiger partial charge in [-0.3, -0.25) is 5.41 Å². The van der Waals surface area contributed by atoms with Gasteiger partial charge in [0, 0.05) is 28.4 Å². The van der Waals surface area contributed by atoms with Gasteiger partial charge in [0.1, 0.15) is 5.82 Å². The second-order valence-corrected chi connectivity index (χ2v) is 5.20. The average Bonchev–Trinajstić information content (AvgIpc) is 2.61. The fourth-order valence-electron chi connectivity index (χ4n) is 1.80. The highest BCUT2D eigenvalue weighted by Crippen LogP contribution is 2.22. The van der Waals surface area contributed by atoms with Crippen molar-refractivity contribution in [3.05, 3.63) is 57.7 Å². The van der Waals surface area contributed by atoms with Gasteiger partial charge < -0.3 is 10.1 Å². The maximum atomic E-state index is 11.5. The number of halogens is 2. The van der Waals surface area contributed by atoms with Crippen molar-refractivity contribution >= 4 is 40.7 Å². The van der Waals surface area contributed by atoms with Crippen LogP contribution in [-0.4, -0.2) is 23.8 Å². The number of nitrogens with one attached hydrogen (secondary N) is 2. The summed E-state index contributed by atoms with van der Waals surface area (Å²) < 4.78 is 4.56. The molecule has 0 aliphatic rings. The zero-order chi connectivity index (χ0) is 18.1. The Hall–Kier alpha value is -2.11. The first-order chi connectivity index (χ1) is 11.5. The Morgan fingerprint density at radius 3 is 2.62 bits per heavy atom. The number of pyridine rings is 1. The maximum Gasteiger partial charge on any atom is 0.356 e. The maximum absolute atomic E-state index is 11.5. The molecule has 2 aromatic rings. The molecule has 0 aliphatic carbocycles. The molecular weight excluding hydrogens is 349 g/mol. The van der Waals surface area contributed by atoms with Crippen molar-refractivity contribution in [3.8, 4) is 0 Å². The van der Waals surface area contributed by atoms with Crippen LogP contribution in [0.25, 0.3) is 0 Å². The summed E-state index contributed by atoms with van der Waals surface area (Å²) in [5, 5.41) is 12.0. The highest BCUT2D eigenvalue weighted by Gasteiger charge is 2.16. The number of benzene rings is 1. The van der Waals surface area contributed by atoms with Crippen LogP contribution < -0.4 is 5.32 Å². The van der Waals surface area contributed by atoms with Gasteiger partial charge in [0.2, 0.25) is 0 Å². The molecule has 0 aliphatic heterocycles. The van der Waals surface area contributed by atoms with Crippen LogP contribution in [-0.2, 0) is 16.1 Å². The third-order valence-electron chi connectivity index (χ3n) is 2.93. The molecule has 1 heterocycles. The highest BCUT2D eigenvalue weighted by atomic mass is 35.5. The summed E-state index contributed by atoms with van der Waals surface area (Å²) >= 11 is 12.0. The molecule has 0 saturated carbocycles. The van der Waals surface area contributed by atoms with Gasteiger partial charge in [0.15, 0.2) is 5.71 Å². The lowest BCUT2D eigenvalue weighted by atomic mass is 10.1. The van der Waals surface area contributed by atoms with E-state index in [1.165, 1.54) is 7.11 Å². The first-order valence-electron chi connectivity index (χ1n) is 7.33. The first-order valence-corrected chi connectivity index (χ1v) is 8.08.